The molecule has 1 aromatic heterocycles. The van der Waals surface area contributed by atoms with Gasteiger partial charge in [0.1, 0.15) is 5.75 Å². The van der Waals surface area contributed by atoms with Crippen LogP contribution in [0.3, 0.4) is 0 Å². The molecular formula is C26H29NO6. The molecular weight excluding hydrogens is 422 g/mol. The first-order valence-corrected chi connectivity index (χ1v) is 11.2. The molecule has 0 aliphatic carbocycles. The zero-order valence-corrected chi connectivity index (χ0v) is 19.2. The van der Waals surface area contributed by atoms with E-state index in [0.717, 1.165) is 25.3 Å². The molecule has 0 saturated carbocycles. The summed E-state index contributed by atoms with van der Waals surface area (Å²) >= 11 is 0. The lowest BCUT2D eigenvalue weighted by Gasteiger charge is -2.10. The quantitative estimate of drug-likeness (QED) is 0.326. The molecule has 3 rings (SSSR count). The Morgan fingerprint density at radius 2 is 1.82 bits per heavy atom. The number of fused-ring (bicyclic) bond motifs is 1. The van der Waals surface area contributed by atoms with Crippen molar-refractivity contribution >= 4 is 28.5 Å². The second-order valence-electron chi connectivity index (χ2n) is 8.18. The Morgan fingerprint density at radius 3 is 2.52 bits per heavy atom. The largest absolute Gasteiger partial charge is 0.494 e. The molecule has 1 heterocycles. The maximum absolute atomic E-state index is 12.8. The maximum atomic E-state index is 12.8. The van der Waals surface area contributed by atoms with Crippen molar-refractivity contribution in [1.82, 2.24) is 0 Å². The van der Waals surface area contributed by atoms with E-state index in [0.29, 0.717) is 17.9 Å². The summed E-state index contributed by atoms with van der Waals surface area (Å²) in [7, 11) is 0. The van der Waals surface area contributed by atoms with Crippen molar-refractivity contribution in [1.29, 1.82) is 0 Å². The van der Waals surface area contributed by atoms with Gasteiger partial charge >= 0.3 is 5.97 Å². The Labute approximate surface area is 192 Å². The third kappa shape index (κ3) is 6.44. The van der Waals surface area contributed by atoms with Crippen LogP contribution in [-0.4, -0.2) is 25.1 Å². The lowest BCUT2D eigenvalue weighted by molar-refractivity contribution is 0.0423. The van der Waals surface area contributed by atoms with Crippen LogP contribution < -0.4 is 15.5 Å². The number of benzene rings is 2. The number of hydrogen-bond donors (Lipinski definition) is 1. The number of hydrogen-bond acceptors (Lipinski definition) is 6. The number of para-hydroxylation sites is 1. The molecule has 0 saturated heterocycles. The zero-order valence-electron chi connectivity index (χ0n) is 19.2. The summed E-state index contributed by atoms with van der Waals surface area (Å²) < 4.78 is 16.5. The van der Waals surface area contributed by atoms with E-state index >= 15 is 0 Å². The van der Waals surface area contributed by atoms with Gasteiger partial charge in [-0.05, 0) is 48.7 Å². The lowest BCUT2D eigenvalue weighted by Crippen LogP contribution is -2.15. The highest BCUT2D eigenvalue weighted by Gasteiger charge is 2.17. The van der Waals surface area contributed by atoms with Crippen LogP contribution in [-0.2, 0) is 4.74 Å². The van der Waals surface area contributed by atoms with Gasteiger partial charge in [-0.3, -0.25) is 9.59 Å². The molecule has 0 fully saturated rings. The SMILES string of the molecule is CCCCCOc1ccc(C(=O)Nc2cccc3c(=O)cc(C(=O)OCC(C)C)oc23)cc1. The first-order valence-electron chi connectivity index (χ1n) is 11.2. The molecule has 7 heteroatoms. The van der Waals surface area contributed by atoms with Crippen LogP contribution >= 0.6 is 0 Å². The van der Waals surface area contributed by atoms with Crippen molar-refractivity contribution in [2.75, 3.05) is 18.5 Å². The van der Waals surface area contributed by atoms with Crippen molar-refractivity contribution in [2.45, 2.75) is 40.0 Å². The summed E-state index contributed by atoms with van der Waals surface area (Å²) in [5, 5.41) is 3.01. The third-order valence-corrected chi connectivity index (χ3v) is 4.88. The number of anilines is 1. The summed E-state index contributed by atoms with van der Waals surface area (Å²) in [6.45, 7) is 6.78. The van der Waals surface area contributed by atoms with Crippen LogP contribution in [0.4, 0.5) is 5.69 Å². The van der Waals surface area contributed by atoms with E-state index in [-0.39, 0.29) is 40.8 Å². The molecule has 3 aromatic rings. The molecule has 0 radical (unpaired) electrons. The average Bonchev–Trinajstić information content (AvgIpc) is 2.81. The summed E-state index contributed by atoms with van der Waals surface area (Å²) in [5.74, 6) is -0.472. The second-order valence-corrected chi connectivity index (χ2v) is 8.18. The van der Waals surface area contributed by atoms with Gasteiger partial charge in [-0.15, -0.1) is 0 Å². The molecule has 0 aliphatic heterocycles. The van der Waals surface area contributed by atoms with Gasteiger partial charge in [0, 0.05) is 11.6 Å². The monoisotopic (exact) mass is 451 g/mol. The third-order valence-electron chi connectivity index (χ3n) is 4.88. The van der Waals surface area contributed by atoms with Gasteiger partial charge in [0.05, 0.1) is 24.3 Å². The molecule has 0 bridgehead atoms. The van der Waals surface area contributed by atoms with Gasteiger partial charge in [0.25, 0.3) is 5.91 Å². The highest BCUT2D eigenvalue weighted by molar-refractivity contribution is 6.08. The summed E-state index contributed by atoms with van der Waals surface area (Å²) in [4.78, 5) is 37.6. The molecule has 1 amide bonds. The van der Waals surface area contributed by atoms with Crippen molar-refractivity contribution in [3.8, 4) is 5.75 Å². The lowest BCUT2D eigenvalue weighted by atomic mass is 10.1. The number of nitrogens with one attached hydrogen (secondary N) is 1. The Morgan fingerprint density at radius 1 is 1.06 bits per heavy atom. The molecule has 7 nitrogen and oxygen atoms in total. The summed E-state index contributed by atoms with van der Waals surface area (Å²) in [6, 6.07) is 12.7. The van der Waals surface area contributed by atoms with E-state index in [1.807, 2.05) is 13.8 Å². The molecule has 2 aromatic carbocycles. The zero-order chi connectivity index (χ0) is 23.8. The molecule has 1 N–H and O–H groups in total. The van der Waals surface area contributed by atoms with E-state index in [2.05, 4.69) is 12.2 Å². The van der Waals surface area contributed by atoms with Crippen LogP contribution in [0.5, 0.6) is 5.75 Å². The van der Waals surface area contributed by atoms with E-state index in [1.54, 1.807) is 42.5 Å². The Hall–Kier alpha value is -3.61. The minimum atomic E-state index is -0.724. The number of rotatable bonds is 10. The second kappa shape index (κ2) is 11.3. The van der Waals surface area contributed by atoms with Crippen molar-refractivity contribution < 1.29 is 23.5 Å². The molecule has 174 valence electrons. The van der Waals surface area contributed by atoms with E-state index in [9.17, 15) is 14.4 Å². The van der Waals surface area contributed by atoms with Crippen molar-refractivity contribution in [3.05, 3.63) is 70.1 Å². The van der Waals surface area contributed by atoms with Crippen LogP contribution in [0.1, 0.15) is 60.9 Å². The number of amides is 1. The van der Waals surface area contributed by atoms with Gasteiger partial charge in [0.15, 0.2) is 11.0 Å². The topological polar surface area (TPSA) is 94.8 Å². The van der Waals surface area contributed by atoms with Crippen molar-refractivity contribution in [3.63, 3.8) is 0 Å². The normalized spacial score (nSPS) is 10.9. The average molecular weight is 452 g/mol. The fourth-order valence-electron chi connectivity index (χ4n) is 3.13. The van der Waals surface area contributed by atoms with Gasteiger partial charge in [0.2, 0.25) is 5.76 Å². The fraction of sp³-hybridized carbons (Fsp3) is 0.346. The van der Waals surface area contributed by atoms with Gasteiger partial charge in [-0.1, -0.05) is 39.7 Å². The Bertz CT molecular complexity index is 1160. The molecule has 0 atom stereocenters. The minimum Gasteiger partial charge on any atom is -0.494 e. The first-order chi connectivity index (χ1) is 15.9. The Balaban J connectivity index is 1.78. The van der Waals surface area contributed by atoms with Crippen LogP contribution in [0.2, 0.25) is 0 Å². The van der Waals surface area contributed by atoms with Crippen LogP contribution in [0.15, 0.2) is 57.7 Å². The number of carbonyl (C=O) groups excluding carboxylic acids is 2. The van der Waals surface area contributed by atoms with Gasteiger partial charge < -0.3 is 19.2 Å². The highest BCUT2D eigenvalue weighted by Crippen LogP contribution is 2.24. The molecule has 0 unspecified atom stereocenters. The predicted octanol–water partition coefficient (Wildman–Crippen LogP) is 5.43. The highest BCUT2D eigenvalue weighted by atomic mass is 16.5. The minimum absolute atomic E-state index is 0.116. The summed E-state index contributed by atoms with van der Waals surface area (Å²) in [6.07, 6.45) is 3.22. The maximum Gasteiger partial charge on any atom is 0.374 e. The van der Waals surface area contributed by atoms with Crippen LogP contribution in [0, 0.1) is 5.92 Å². The first kappa shape index (κ1) is 24.0. The van der Waals surface area contributed by atoms with Crippen molar-refractivity contribution in [2.24, 2.45) is 5.92 Å². The van der Waals surface area contributed by atoms with Gasteiger partial charge in [-0.2, -0.15) is 0 Å². The molecule has 0 aliphatic rings. The number of ether oxygens (including phenoxy) is 2. The van der Waals surface area contributed by atoms with E-state index < -0.39 is 11.4 Å². The molecule has 33 heavy (non-hydrogen) atoms. The standard InChI is InChI=1S/C26H29NO6/c1-4-5-6-14-31-19-12-10-18(11-13-19)25(29)27-21-9-7-8-20-22(28)15-23(33-24(20)21)26(30)32-16-17(2)3/h7-13,15,17H,4-6,14,16H2,1-3H3,(H,27,29). The van der Waals surface area contributed by atoms with E-state index in [4.69, 9.17) is 13.9 Å². The predicted molar refractivity (Wildman–Crippen MR) is 127 cm³/mol. The smallest absolute Gasteiger partial charge is 0.374 e. The van der Waals surface area contributed by atoms with Gasteiger partial charge in [-0.25, -0.2) is 4.79 Å². The number of unbranched alkanes of at least 4 members (excludes halogenated alkanes) is 2. The van der Waals surface area contributed by atoms with Crippen LogP contribution in [0.25, 0.3) is 11.0 Å². The molecule has 0 spiro atoms. The van der Waals surface area contributed by atoms with E-state index in [1.165, 1.54) is 0 Å². The number of carbonyl (C=O) groups is 2. The Kier molecular flexibility index (Phi) is 8.24. The summed E-state index contributed by atoms with van der Waals surface area (Å²) in [5.41, 5.74) is 0.426. The number of esters is 1. The fourth-order valence-corrected chi connectivity index (χ4v) is 3.13.